The molecule has 0 bridgehead atoms. The van der Waals surface area contributed by atoms with E-state index >= 15 is 0 Å². The molecular weight excluding hydrogens is 269 g/mol. The Morgan fingerprint density at radius 3 is 2.67 bits per heavy atom. The van der Waals surface area contributed by atoms with Crippen LogP contribution in [0.4, 0.5) is 19.0 Å². The van der Waals surface area contributed by atoms with E-state index in [1.165, 1.54) is 24.2 Å². The molecule has 0 aliphatic heterocycles. The number of rotatable bonds is 4. The highest BCUT2D eigenvalue weighted by atomic mass is 35.5. The third-order valence-corrected chi connectivity index (χ3v) is 2.63. The second-order valence-electron chi connectivity index (χ2n) is 3.70. The highest BCUT2D eigenvalue weighted by molar-refractivity contribution is 6.36. The lowest BCUT2D eigenvalue weighted by atomic mass is 10.2. The molecule has 1 aromatic rings. The zero-order valence-electron chi connectivity index (χ0n) is 9.55. The van der Waals surface area contributed by atoms with E-state index in [9.17, 15) is 13.2 Å². The molecule has 0 aliphatic carbocycles. The monoisotopic (exact) mass is 280 g/mol. The molecule has 0 atom stereocenters. The molecule has 1 aromatic heterocycles. The Morgan fingerprint density at radius 2 is 2.17 bits per heavy atom. The summed E-state index contributed by atoms with van der Waals surface area (Å²) in [5.41, 5.74) is 5.55. The number of halogens is 4. The van der Waals surface area contributed by atoms with Crippen LogP contribution < -0.4 is 10.6 Å². The number of aromatic nitrogens is 1. The molecule has 1 rings (SSSR count). The maximum atomic E-state index is 12.1. The van der Waals surface area contributed by atoms with E-state index in [1.54, 1.807) is 0 Å². The van der Waals surface area contributed by atoms with Gasteiger partial charge in [0.05, 0.1) is 11.4 Å². The lowest BCUT2D eigenvalue weighted by molar-refractivity contribution is -0.132. The van der Waals surface area contributed by atoms with Gasteiger partial charge in [0.1, 0.15) is 11.7 Å². The molecule has 0 aliphatic rings. The summed E-state index contributed by atoms with van der Waals surface area (Å²) < 4.78 is 36.3. The van der Waals surface area contributed by atoms with Gasteiger partial charge in [-0.05, 0) is 6.07 Å². The van der Waals surface area contributed by atoms with Gasteiger partial charge in [-0.3, -0.25) is 5.41 Å². The summed E-state index contributed by atoms with van der Waals surface area (Å²) in [6.45, 7) is -0.266. The minimum absolute atomic E-state index is 0.0784. The molecule has 0 aromatic carbocycles. The molecule has 3 N–H and O–H groups in total. The third kappa shape index (κ3) is 3.76. The van der Waals surface area contributed by atoms with Gasteiger partial charge in [-0.1, -0.05) is 11.6 Å². The van der Waals surface area contributed by atoms with Gasteiger partial charge < -0.3 is 10.6 Å². The molecule has 0 spiro atoms. The van der Waals surface area contributed by atoms with Crippen LogP contribution in [0.2, 0.25) is 5.02 Å². The van der Waals surface area contributed by atoms with Crippen molar-refractivity contribution >= 4 is 23.3 Å². The van der Waals surface area contributed by atoms with Gasteiger partial charge in [-0.25, -0.2) is 4.98 Å². The number of amidine groups is 1. The van der Waals surface area contributed by atoms with Gasteiger partial charge in [-0.2, -0.15) is 13.2 Å². The average Bonchev–Trinajstić information content (AvgIpc) is 2.24. The number of anilines is 1. The summed E-state index contributed by atoms with van der Waals surface area (Å²) in [7, 11) is 1.45. The number of nitrogens with zero attached hydrogens (tertiary/aromatic N) is 2. The summed E-state index contributed by atoms with van der Waals surface area (Å²) in [4.78, 5) is 5.18. The molecule has 18 heavy (non-hydrogen) atoms. The Bertz CT molecular complexity index is 447. The van der Waals surface area contributed by atoms with Crippen LogP contribution in [0.3, 0.4) is 0 Å². The molecule has 0 radical (unpaired) electrons. The summed E-state index contributed by atoms with van der Waals surface area (Å²) in [5.74, 6) is -0.0820. The van der Waals surface area contributed by atoms with E-state index in [2.05, 4.69) is 4.98 Å². The zero-order chi connectivity index (χ0) is 13.9. The fraction of sp³-hybridized carbons (Fsp3) is 0.400. The Balaban J connectivity index is 2.89. The molecule has 100 valence electrons. The topological polar surface area (TPSA) is 66.0 Å². The van der Waals surface area contributed by atoms with Gasteiger partial charge in [-0.15, -0.1) is 0 Å². The minimum Gasteiger partial charge on any atom is -0.384 e. The molecular formula is C10H12ClF3N4. The van der Waals surface area contributed by atoms with E-state index in [0.717, 1.165) is 0 Å². The Hall–Kier alpha value is -1.50. The van der Waals surface area contributed by atoms with E-state index in [4.69, 9.17) is 22.7 Å². The number of pyridine rings is 1. The van der Waals surface area contributed by atoms with Gasteiger partial charge in [0.2, 0.25) is 0 Å². The standard InChI is InChI=1S/C10H12ClF3N4/c1-18(5-3-10(12,13)14)9-7(11)6(8(15)16)2-4-17-9/h2,4H,3,5H2,1H3,(H3,15,16). The molecule has 4 nitrogen and oxygen atoms in total. The first kappa shape index (κ1) is 14.6. The predicted molar refractivity (Wildman–Crippen MR) is 64.2 cm³/mol. The van der Waals surface area contributed by atoms with Crippen LogP contribution in [0.25, 0.3) is 0 Å². The first-order chi connectivity index (χ1) is 8.22. The first-order valence-electron chi connectivity index (χ1n) is 4.99. The van der Waals surface area contributed by atoms with Crippen molar-refractivity contribution in [2.45, 2.75) is 12.6 Å². The fourth-order valence-corrected chi connectivity index (χ4v) is 1.67. The van der Waals surface area contributed by atoms with Crippen LogP contribution in [-0.2, 0) is 0 Å². The summed E-state index contributed by atoms with van der Waals surface area (Å²) in [5, 5.41) is 7.36. The van der Waals surface area contributed by atoms with Crippen molar-refractivity contribution in [3.63, 3.8) is 0 Å². The number of nitrogens with two attached hydrogens (primary N) is 1. The van der Waals surface area contributed by atoms with Crippen LogP contribution in [0.15, 0.2) is 12.3 Å². The smallest absolute Gasteiger partial charge is 0.384 e. The predicted octanol–water partition coefficient (Wildman–Crippen LogP) is 2.41. The number of nitrogen functional groups attached to an aromatic ring is 1. The van der Waals surface area contributed by atoms with E-state index in [0.29, 0.717) is 0 Å². The van der Waals surface area contributed by atoms with E-state index in [1.807, 2.05) is 0 Å². The first-order valence-corrected chi connectivity index (χ1v) is 5.37. The van der Waals surface area contributed by atoms with Crippen LogP contribution in [0.5, 0.6) is 0 Å². The number of hydrogen-bond acceptors (Lipinski definition) is 3. The van der Waals surface area contributed by atoms with Crippen molar-refractivity contribution in [2.75, 3.05) is 18.5 Å². The Kier molecular flexibility index (Phi) is 4.39. The second kappa shape index (κ2) is 5.43. The molecule has 0 saturated carbocycles. The van der Waals surface area contributed by atoms with Crippen LogP contribution in [0.1, 0.15) is 12.0 Å². The molecule has 8 heteroatoms. The maximum absolute atomic E-state index is 12.1. The average molecular weight is 281 g/mol. The normalized spacial score (nSPS) is 11.4. The highest BCUT2D eigenvalue weighted by Crippen LogP contribution is 2.27. The SMILES string of the molecule is CN(CCC(F)(F)F)c1nccc(C(=N)N)c1Cl. The molecule has 0 fully saturated rings. The largest absolute Gasteiger partial charge is 0.390 e. The quantitative estimate of drug-likeness (QED) is 0.657. The highest BCUT2D eigenvalue weighted by Gasteiger charge is 2.27. The molecule has 1 heterocycles. The molecule has 0 amide bonds. The van der Waals surface area contributed by atoms with Gasteiger partial charge in [0.25, 0.3) is 0 Å². The summed E-state index contributed by atoms with van der Waals surface area (Å²) >= 11 is 5.94. The Labute approximate surface area is 107 Å². The van der Waals surface area contributed by atoms with Crippen molar-refractivity contribution in [3.05, 3.63) is 22.8 Å². The minimum atomic E-state index is -4.24. The van der Waals surface area contributed by atoms with E-state index < -0.39 is 12.6 Å². The lowest BCUT2D eigenvalue weighted by Gasteiger charge is -2.21. The van der Waals surface area contributed by atoms with Crippen molar-refractivity contribution in [3.8, 4) is 0 Å². The van der Waals surface area contributed by atoms with Gasteiger partial charge >= 0.3 is 6.18 Å². The number of hydrogen-bond donors (Lipinski definition) is 2. The van der Waals surface area contributed by atoms with Crippen molar-refractivity contribution in [1.82, 2.24) is 4.98 Å². The van der Waals surface area contributed by atoms with Crippen LogP contribution in [-0.4, -0.2) is 30.6 Å². The van der Waals surface area contributed by atoms with Crippen molar-refractivity contribution in [1.29, 1.82) is 5.41 Å². The van der Waals surface area contributed by atoms with Crippen molar-refractivity contribution < 1.29 is 13.2 Å². The fourth-order valence-electron chi connectivity index (χ4n) is 1.31. The second-order valence-corrected chi connectivity index (χ2v) is 4.07. The number of alkyl halides is 3. The van der Waals surface area contributed by atoms with Crippen LogP contribution >= 0.6 is 11.6 Å². The molecule has 0 unspecified atom stereocenters. The number of nitrogens with one attached hydrogen (secondary N) is 1. The van der Waals surface area contributed by atoms with Gasteiger partial charge in [0.15, 0.2) is 0 Å². The van der Waals surface area contributed by atoms with Gasteiger partial charge in [0, 0.05) is 25.4 Å². The molecule has 0 saturated heterocycles. The lowest BCUT2D eigenvalue weighted by Crippen LogP contribution is -2.25. The maximum Gasteiger partial charge on any atom is 0.390 e. The Morgan fingerprint density at radius 1 is 1.56 bits per heavy atom. The summed E-state index contributed by atoms with van der Waals surface area (Å²) in [6, 6.07) is 1.44. The van der Waals surface area contributed by atoms with Crippen molar-refractivity contribution in [2.24, 2.45) is 5.73 Å². The van der Waals surface area contributed by atoms with Crippen LogP contribution in [0, 0.1) is 5.41 Å². The van der Waals surface area contributed by atoms with E-state index in [-0.39, 0.29) is 28.8 Å². The summed E-state index contributed by atoms with van der Waals surface area (Å²) in [6.07, 6.45) is -3.85. The zero-order valence-corrected chi connectivity index (χ0v) is 10.3. The third-order valence-electron chi connectivity index (χ3n) is 2.25.